The molecule has 0 radical (unpaired) electrons. The van der Waals surface area contributed by atoms with Gasteiger partial charge in [0.1, 0.15) is 11.6 Å². The number of fused-ring (bicyclic) bond motifs is 1. The number of ether oxygens (including phenoxy) is 1. The number of hydrogen-bond acceptors (Lipinski definition) is 7. The van der Waals surface area contributed by atoms with Crippen molar-refractivity contribution in [2.75, 3.05) is 24.6 Å². The zero-order chi connectivity index (χ0) is 22.4. The number of anilines is 1. The molecule has 0 aromatic carbocycles. The van der Waals surface area contributed by atoms with E-state index in [4.69, 9.17) is 14.7 Å². The Labute approximate surface area is 185 Å². The van der Waals surface area contributed by atoms with Crippen LogP contribution in [0.1, 0.15) is 53.2 Å². The molecule has 1 atom stereocenters. The summed E-state index contributed by atoms with van der Waals surface area (Å²) in [5.41, 5.74) is 5.50. The van der Waals surface area contributed by atoms with Crippen molar-refractivity contribution in [3.63, 3.8) is 0 Å². The Hall–Kier alpha value is -2.81. The Bertz CT molecular complexity index is 1150. The van der Waals surface area contributed by atoms with Crippen LogP contribution in [0, 0.1) is 26.7 Å². The average Bonchev–Trinajstić information content (AvgIpc) is 2.73. The molecule has 2 aliphatic rings. The molecule has 3 aromatic rings. The smallest absolute Gasteiger partial charge is 0.241 e. The van der Waals surface area contributed by atoms with Gasteiger partial charge in [-0.05, 0) is 51.3 Å². The molecule has 32 heavy (non-hydrogen) atoms. The van der Waals surface area contributed by atoms with Gasteiger partial charge in [0.05, 0.1) is 30.2 Å². The number of morpholine rings is 1. The van der Waals surface area contributed by atoms with Crippen molar-refractivity contribution in [1.29, 1.82) is 0 Å². The van der Waals surface area contributed by atoms with Gasteiger partial charge in [-0.25, -0.2) is 23.7 Å². The number of halogens is 2. The molecule has 1 saturated carbocycles. The van der Waals surface area contributed by atoms with Gasteiger partial charge in [-0.2, -0.15) is 4.98 Å². The third-order valence-electron chi connectivity index (χ3n) is 6.52. The minimum atomic E-state index is -2.29. The summed E-state index contributed by atoms with van der Waals surface area (Å²) in [6.45, 7) is 7.53. The summed E-state index contributed by atoms with van der Waals surface area (Å²) in [5.74, 6) is -0.0605. The molecule has 168 valence electrons. The molecule has 9 heteroatoms. The molecule has 1 aliphatic carbocycles. The van der Waals surface area contributed by atoms with Gasteiger partial charge in [0.25, 0.3) is 0 Å². The van der Waals surface area contributed by atoms with Gasteiger partial charge < -0.3 is 9.64 Å². The molecule has 1 saturated heterocycles. The van der Waals surface area contributed by atoms with Gasteiger partial charge in [-0.1, -0.05) is 0 Å². The lowest BCUT2D eigenvalue weighted by molar-refractivity contribution is 0.0220. The average molecular weight is 440 g/mol. The maximum absolute atomic E-state index is 13.1. The first-order valence-electron chi connectivity index (χ1n) is 11.0. The summed E-state index contributed by atoms with van der Waals surface area (Å²) < 4.78 is 32.2. The maximum Gasteiger partial charge on any atom is 0.241 e. The Kier molecular flexibility index (Phi) is 5.44. The summed E-state index contributed by atoms with van der Waals surface area (Å²) in [5, 5.41) is 0. The summed E-state index contributed by atoms with van der Waals surface area (Å²) in [6.07, 6.45) is 0.206. The first-order chi connectivity index (χ1) is 15.4. The van der Waals surface area contributed by atoms with Crippen LogP contribution < -0.4 is 4.90 Å². The van der Waals surface area contributed by atoms with Crippen molar-refractivity contribution in [1.82, 2.24) is 24.9 Å². The van der Waals surface area contributed by atoms with Gasteiger partial charge in [0.15, 0.2) is 5.65 Å². The number of pyridine rings is 1. The SMILES string of the molecule is Cc1cc([C@@H]2CN(c3nc(C4CC(C(F)F)C4)c4nc(C)c(C)nc4n3)CCO2)ccn1. The minimum Gasteiger partial charge on any atom is -0.370 e. The second kappa shape index (κ2) is 8.27. The highest BCUT2D eigenvalue weighted by Crippen LogP contribution is 2.45. The summed E-state index contributed by atoms with van der Waals surface area (Å²) in [4.78, 5) is 25.3. The first-order valence-corrected chi connectivity index (χ1v) is 11.0. The quantitative estimate of drug-likeness (QED) is 0.605. The van der Waals surface area contributed by atoms with E-state index in [1.807, 2.05) is 32.9 Å². The molecule has 5 rings (SSSR count). The molecule has 0 N–H and O–H groups in total. The summed E-state index contributed by atoms with van der Waals surface area (Å²) in [6, 6.07) is 3.99. The fourth-order valence-corrected chi connectivity index (χ4v) is 4.44. The van der Waals surface area contributed by atoms with E-state index in [0.29, 0.717) is 49.7 Å². The van der Waals surface area contributed by atoms with Crippen molar-refractivity contribution < 1.29 is 13.5 Å². The summed E-state index contributed by atoms with van der Waals surface area (Å²) >= 11 is 0. The number of hydrogen-bond donors (Lipinski definition) is 0. The molecule has 0 amide bonds. The number of rotatable bonds is 4. The molecular formula is C23H26F2N6O. The largest absolute Gasteiger partial charge is 0.370 e. The van der Waals surface area contributed by atoms with Crippen LogP contribution in [0.25, 0.3) is 11.2 Å². The fraction of sp³-hybridized carbons (Fsp3) is 0.522. The zero-order valence-corrected chi connectivity index (χ0v) is 18.4. The normalized spacial score (nSPS) is 23.6. The molecule has 0 unspecified atom stereocenters. The third-order valence-corrected chi connectivity index (χ3v) is 6.52. The monoisotopic (exact) mass is 440 g/mol. The van der Waals surface area contributed by atoms with Crippen LogP contribution >= 0.6 is 0 Å². The Morgan fingerprint density at radius 1 is 1.06 bits per heavy atom. The lowest BCUT2D eigenvalue weighted by Gasteiger charge is -2.36. The lowest BCUT2D eigenvalue weighted by Crippen LogP contribution is -2.40. The van der Waals surface area contributed by atoms with Gasteiger partial charge in [-0.3, -0.25) is 4.98 Å². The van der Waals surface area contributed by atoms with Gasteiger partial charge in [-0.15, -0.1) is 0 Å². The lowest BCUT2D eigenvalue weighted by atomic mass is 9.73. The number of aryl methyl sites for hydroxylation is 3. The molecule has 1 aliphatic heterocycles. The second-order valence-electron chi connectivity index (χ2n) is 8.77. The summed E-state index contributed by atoms with van der Waals surface area (Å²) in [7, 11) is 0. The van der Waals surface area contributed by atoms with E-state index in [0.717, 1.165) is 28.3 Å². The van der Waals surface area contributed by atoms with Crippen LogP contribution in [0.3, 0.4) is 0 Å². The molecule has 2 fully saturated rings. The zero-order valence-electron chi connectivity index (χ0n) is 18.4. The predicted octanol–water partition coefficient (Wildman–Crippen LogP) is 4.08. The van der Waals surface area contributed by atoms with Gasteiger partial charge in [0.2, 0.25) is 12.4 Å². The van der Waals surface area contributed by atoms with E-state index >= 15 is 0 Å². The number of nitrogens with zero attached hydrogens (tertiary/aromatic N) is 6. The fourth-order valence-electron chi connectivity index (χ4n) is 4.44. The molecule has 0 spiro atoms. The topological polar surface area (TPSA) is 76.9 Å². The molecular weight excluding hydrogens is 414 g/mol. The van der Waals surface area contributed by atoms with Crippen LogP contribution in [0.5, 0.6) is 0 Å². The molecule has 7 nitrogen and oxygen atoms in total. The van der Waals surface area contributed by atoms with Crippen molar-refractivity contribution in [3.8, 4) is 0 Å². The highest BCUT2D eigenvalue weighted by Gasteiger charge is 2.39. The van der Waals surface area contributed by atoms with Crippen LogP contribution in [0.4, 0.5) is 14.7 Å². The molecule has 4 heterocycles. The Morgan fingerprint density at radius 2 is 1.84 bits per heavy atom. The second-order valence-corrected chi connectivity index (χ2v) is 8.77. The van der Waals surface area contributed by atoms with Crippen molar-refractivity contribution in [2.24, 2.45) is 5.92 Å². The van der Waals surface area contributed by atoms with E-state index in [9.17, 15) is 8.78 Å². The molecule has 0 bridgehead atoms. The van der Waals surface area contributed by atoms with E-state index < -0.39 is 12.3 Å². The van der Waals surface area contributed by atoms with Crippen molar-refractivity contribution >= 4 is 17.1 Å². The standard InChI is InChI=1S/C23H26F2N6O/c1-12-8-15(4-5-26-12)18-11-31(6-7-32-18)23-29-19(16-9-17(10-16)21(24)25)20-22(30-23)28-14(3)13(2)27-20/h4-5,8,16-18,21H,6-7,9-11H2,1-3H3/t16?,17?,18-/m0/s1. The molecule has 3 aromatic heterocycles. The minimum absolute atomic E-state index is 0.0469. The highest BCUT2D eigenvalue weighted by atomic mass is 19.3. The van der Waals surface area contributed by atoms with Gasteiger partial charge in [0, 0.05) is 30.3 Å². The van der Waals surface area contributed by atoms with E-state index in [1.54, 1.807) is 6.20 Å². The first kappa shape index (κ1) is 21.1. The third kappa shape index (κ3) is 3.90. The van der Waals surface area contributed by atoms with E-state index in [-0.39, 0.29) is 12.0 Å². The highest BCUT2D eigenvalue weighted by molar-refractivity contribution is 5.75. The van der Waals surface area contributed by atoms with E-state index in [2.05, 4.69) is 19.9 Å². The van der Waals surface area contributed by atoms with Crippen LogP contribution in [0.2, 0.25) is 0 Å². The van der Waals surface area contributed by atoms with Crippen LogP contribution in [-0.2, 0) is 4.74 Å². The van der Waals surface area contributed by atoms with Crippen LogP contribution in [-0.4, -0.2) is 51.0 Å². The number of aromatic nitrogens is 5. The van der Waals surface area contributed by atoms with Crippen LogP contribution in [0.15, 0.2) is 18.3 Å². The Morgan fingerprint density at radius 3 is 2.59 bits per heavy atom. The van der Waals surface area contributed by atoms with Crippen molar-refractivity contribution in [3.05, 3.63) is 46.7 Å². The number of alkyl halides is 2. The van der Waals surface area contributed by atoms with Crippen molar-refractivity contribution in [2.45, 2.75) is 52.1 Å². The Balaban J connectivity index is 1.50. The van der Waals surface area contributed by atoms with Gasteiger partial charge >= 0.3 is 0 Å². The van der Waals surface area contributed by atoms with E-state index in [1.165, 1.54) is 0 Å². The maximum atomic E-state index is 13.1. The predicted molar refractivity (Wildman–Crippen MR) is 116 cm³/mol.